The second kappa shape index (κ2) is 6.33. The first-order valence-corrected chi connectivity index (χ1v) is 7.61. The second-order valence-corrected chi connectivity index (χ2v) is 5.95. The lowest BCUT2D eigenvalue weighted by Gasteiger charge is -2.19. The SMILES string of the molecule is CC(=O)c1cc(OC(C)C)c2c(c1OC(C)C)=CCCC=2. The van der Waals surface area contributed by atoms with E-state index >= 15 is 0 Å². The summed E-state index contributed by atoms with van der Waals surface area (Å²) in [5.41, 5.74) is 0.602. The number of hydrogen-bond acceptors (Lipinski definition) is 3. The van der Waals surface area contributed by atoms with Crippen LogP contribution in [0.3, 0.4) is 0 Å². The third-order valence-corrected chi connectivity index (χ3v) is 3.28. The van der Waals surface area contributed by atoms with E-state index in [0.717, 1.165) is 29.0 Å². The fourth-order valence-corrected chi connectivity index (χ4v) is 2.52. The summed E-state index contributed by atoms with van der Waals surface area (Å²) in [5, 5.41) is 2.05. The van der Waals surface area contributed by atoms with E-state index in [1.165, 1.54) is 0 Å². The molecule has 0 heterocycles. The smallest absolute Gasteiger partial charge is 0.163 e. The van der Waals surface area contributed by atoms with Crippen molar-refractivity contribution in [3.8, 4) is 11.5 Å². The van der Waals surface area contributed by atoms with Gasteiger partial charge in [-0.05, 0) is 53.5 Å². The fraction of sp³-hybridized carbons (Fsp3) is 0.500. The topological polar surface area (TPSA) is 35.5 Å². The van der Waals surface area contributed by atoms with Gasteiger partial charge in [0.2, 0.25) is 0 Å². The monoisotopic (exact) mass is 288 g/mol. The van der Waals surface area contributed by atoms with Gasteiger partial charge in [0, 0.05) is 10.4 Å². The van der Waals surface area contributed by atoms with E-state index in [0.29, 0.717) is 11.3 Å². The van der Waals surface area contributed by atoms with Crippen LogP contribution < -0.4 is 19.9 Å². The average Bonchev–Trinajstić information content (AvgIpc) is 2.40. The van der Waals surface area contributed by atoms with E-state index < -0.39 is 0 Å². The van der Waals surface area contributed by atoms with Gasteiger partial charge in [0.05, 0.1) is 17.8 Å². The van der Waals surface area contributed by atoms with Crippen molar-refractivity contribution in [1.29, 1.82) is 0 Å². The van der Waals surface area contributed by atoms with Gasteiger partial charge in [-0.2, -0.15) is 0 Å². The van der Waals surface area contributed by atoms with Gasteiger partial charge in [0.15, 0.2) is 5.78 Å². The van der Waals surface area contributed by atoms with Crippen LogP contribution in [0.1, 0.15) is 57.8 Å². The van der Waals surface area contributed by atoms with Crippen LogP contribution in [0.15, 0.2) is 6.07 Å². The Labute approximate surface area is 126 Å². The molecule has 1 aliphatic carbocycles. The summed E-state index contributed by atoms with van der Waals surface area (Å²) in [5.74, 6) is 1.47. The van der Waals surface area contributed by atoms with Crippen LogP contribution in [0.25, 0.3) is 12.2 Å². The van der Waals surface area contributed by atoms with Gasteiger partial charge in [-0.3, -0.25) is 4.79 Å². The Morgan fingerprint density at radius 1 is 1.00 bits per heavy atom. The summed E-state index contributed by atoms with van der Waals surface area (Å²) in [6, 6.07) is 1.83. The molecule has 1 aromatic rings. The number of ether oxygens (including phenoxy) is 2. The molecule has 0 fully saturated rings. The van der Waals surface area contributed by atoms with Crippen LogP contribution in [0.5, 0.6) is 11.5 Å². The molecule has 0 N–H and O–H groups in total. The van der Waals surface area contributed by atoms with Crippen molar-refractivity contribution in [2.75, 3.05) is 0 Å². The standard InChI is InChI=1S/C18H24O3/c1-11(2)20-17-10-16(13(5)19)18(21-12(3)4)15-9-7-6-8-14(15)17/h8-12H,6-7H2,1-5H3. The summed E-state index contributed by atoms with van der Waals surface area (Å²) >= 11 is 0. The van der Waals surface area contributed by atoms with E-state index in [2.05, 4.69) is 12.2 Å². The van der Waals surface area contributed by atoms with Crippen LogP contribution in [0.4, 0.5) is 0 Å². The van der Waals surface area contributed by atoms with Gasteiger partial charge in [-0.15, -0.1) is 0 Å². The molecule has 0 aromatic heterocycles. The molecule has 1 aromatic carbocycles. The van der Waals surface area contributed by atoms with Crippen LogP contribution in [-0.4, -0.2) is 18.0 Å². The lowest BCUT2D eigenvalue weighted by molar-refractivity contribution is 0.101. The van der Waals surface area contributed by atoms with Gasteiger partial charge in [-0.25, -0.2) is 0 Å². The van der Waals surface area contributed by atoms with Crippen molar-refractivity contribution in [1.82, 2.24) is 0 Å². The number of carbonyl (C=O) groups excluding carboxylic acids is 1. The van der Waals surface area contributed by atoms with Crippen LogP contribution in [-0.2, 0) is 0 Å². The molecule has 2 rings (SSSR count). The maximum atomic E-state index is 12.0. The number of ketones is 1. The highest BCUT2D eigenvalue weighted by Crippen LogP contribution is 2.21. The second-order valence-electron chi connectivity index (χ2n) is 5.95. The van der Waals surface area contributed by atoms with Crippen molar-refractivity contribution in [3.63, 3.8) is 0 Å². The molecule has 114 valence electrons. The molecule has 0 spiro atoms. The molecule has 1 aliphatic rings. The summed E-state index contributed by atoms with van der Waals surface area (Å²) in [6.07, 6.45) is 6.36. The highest BCUT2D eigenvalue weighted by molar-refractivity contribution is 5.97. The molecule has 0 aliphatic heterocycles. The van der Waals surface area contributed by atoms with Crippen molar-refractivity contribution in [2.45, 2.75) is 59.7 Å². The zero-order valence-electron chi connectivity index (χ0n) is 13.5. The molecule has 3 nitrogen and oxygen atoms in total. The predicted octanol–water partition coefficient (Wildman–Crippen LogP) is 2.82. The molecule has 0 unspecified atom stereocenters. The first-order chi connectivity index (χ1) is 9.90. The molecular weight excluding hydrogens is 264 g/mol. The zero-order valence-corrected chi connectivity index (χ0v) is 13.5. The molecule has 21 heavy (non-hydrogen) atoms. The molecule has 0 amide bonds. The van der Waals surface area contributed by atoms with Gasteiger partial charge in [-0.1, -0.05) is 12.2 Å². The van der Waals surface area contributed by atoms with Crippen molar-refractivity contribution in [3.05, 3.63) is 22.1 Å². The summed E-state index contributed by atoms with van der Waals surface area (Å²) < 4.78 is 11.8. The number of carbonyl (C=O) groups is 1. The highest BCUT2D eigenvalue weighted by atomic mass is 16.5. The molecule has 0 bridgehead atoms. The summed E-state index contributed by atoms with van der Waals surface area (Å²) in [4.78, 5) is 12.0. The Morgan fingerprint density at radius 3 is 2.10 bits per heavy atom. The lowest BCUT2D eigenvalue weighted by Crippen LogP contribution is -2.34. The number of benzene rings is 1. The third-order valence-electron chi connectivity index (χ3n) is 3.28. The Kier molecular flexibility index (Phi) is 4.71. The number of rotatable bonds is 5. The van der Waals surface area contributed by atoms with E-state index in [1.807, 2.05) is 33.8 Å². The van der Waals surface area contributed by atoms with Crippen LogP contribution in [0, 0.1) is 0 Å². The maximum absolute atomic E-state index is 12.0. The molecule has 0 radical (unpaired) electrons. The van der Waals surface area contributed by atoms with E-state index in [-0.39, 0.29) is 18.0 Å². The first kappa shape index (κ1) is 15.6. The Morgan fingerprint density at radius 2 is 1.57 bits per heavy atom. The number of Topliss-reactive ketones (excluding diaryl/α,β-unsaturated/α-hetero) is 1. The van der Waals surface area contributed by atoms with Crippen molar-refractivity contribution >= 4 is 17.9 Å². The Balaban J connectivity index is 2.74. The zero-order chi connectivity index (χ0) is 15.6. The van der Waals surface area contributed by atoms with Gasteiger partial charge in [0.25, 0.3) is 0 Å². The van der Waals surface area contributed by atoms with Gasteiger partial charge in [0.1, 0.15) is 11.5 Å². The first-order valence-electron chi connectivity index (χ1n) is 7.61. The summed E-state index contributed by atoms with van der Waals surface area (Å²) in [7, 11) is 0. The van der Waals surface area contributed by atoms with E-state index in [4.69, 9.17) is 9.47 Å². The van der Waals surface area contributed by atoms with Crippen LogP contribution in [0.2, 0.25) is 0 Å². The highest BCUT2D eigenvalue weighted by Gasteiger charge is 2.18. The Bertz CT molecular complexity index is 654. The van der Waals surface area contributed by atoms with Gasteiger partial charge < -0.3 is 9.47 Å². The van der Waals surface area contributed by atoms with Crippen molar-refractivity contribution < 1.29 is 14.3 Å². The molecule has 0 atom stereocenters. The lowest BCUT2D eigenvalue weighted by atomic mass is 10.0. The molecular formula is C18H24O3. The minimum atomic E-state index is 0.000953. The maximum Gasteiger partial charge on any atom is 0.163 e. The van der Waals surface area contributed by atoms with Crippen LogP contribution >= 0.6 is 0 Å². The average molecular weight is 288 g/mol. The van der Waals surface area contributed by atoms with Gasteiger partial charge >= 0.3 is 0 Å². The molecule has 0 saturated carbocycles. The molecule has 3 heteroatoms. The molecule has 0 saturated heterocycles. The minimum absolute atomic E-state index is 0.000953. The minimum Gasteiger partial charge on any atom is -0.490 e. The largest absolute Gasteiger partial charge is 0.490 e. The number of hydrogen-bond donors (Lipinski definition) is 0. The quantitative estimate of drug-likeness (QED) is 0.782. The fourth-order valence-electron chi connectivity index (χ4n) is 2.52. The third kappa shape index (κ3) is 3.46. The number of fused-ring (bicyclic) bond motifs is 1. The predicted molar refractivity (Wildman–Crippen MR) is 85.4 cm³/mol. The van der Waals surface area contributed by atoms with E-state index in [1.54, 1.807) is 6.92 Å². The van der Waals surface area contributed by atoms with E-state index in [9.17, 15) is 4.79 Å². The summed E-state index contributed by atoms with van der Waals surface area (Å²) in [6.45, 7) is 9.50. The Hall–Kier alpha value is -1.77. The van der Waals surface area contributed by atoms with Crippen molar-refractivity contribution in [2.24, 2.45) is 0 Å². The normalized spacial score (nSPS) is 13.5.